The van der Waals surface area contributed by atoms with E-state index in [1.165, 1.54) is 24.0 Å². The van der Waals surface area contributed by atoms with Gasteiger partial charge in [-0.1, -0.05) is 0 Å². The van der Waals surface area contributed by atoms with Crippen LogP contribution < -0.4 is 0 Å². The van der Waals surface area contributed by atoms with Crippen LogP contribution in [0, 0.1) is 0 Å². The van der Waals surface area contributed by atoms with E-state index in [-0.39, 0.29) is 0 Å². The van der Waals surface area contributed by atoms with Crippen LogP contribution in [0.2, 0.25) is 39.3 Å². The van der Waals surface area contributed by atoms with Gasteiger partial charge < -0.3 is 0 Å². The Labute approximate surface area is 205 Å². The Morgan fingerprint density at radius 2 is 0.969 bits per heavy atom. The molecule has 0 unspecified atom stereocenters. The summed E-state index contributed by atoms with van der Waals surface area (Å²) in [6.45, 7) is 15.2. The molecule has 0 radical (unpaired) electrons. The summed E-state index contributed by atoms with van der Waals surface area (Å²) < 4.78 is 4.32. The van der Waals surface area contributed by atoms with Crippen molar-refractivity contribution in [2.45, 2.75) is 55.7 Å². The SMILES string of the molecule is C[Si](C)(C)C1=[C]([Zr]([C]2=C([Si](C)(C)C)C=CC2)[CH](c2ccccc2)c2ccccc2)CC=C1. The Hall–Kier alpha value is -1.28. The predicted molar refractivity (Wildman–Crippen MR) is 143 cm³/mol. The van der Waals surface area contributed by atoms with Crippen LogP contribution in [0.25, 0.3) is 0 Å². The molecule has 165 valence electrons. The second-order valence-electron chi connectivity index (χ2n) is 11.2. The van der Waals surface area contributed by atoms with Crippen molar-refractivity contribution in [1.82, 2.24) is 0 Å². The number of rotatable bonds is 7. The third-order valence-corrected chi connectivity index (χ3v) is 20.7. The maximum absolute atomic E-state index is 2.54. The summed E-state index contributed by atoms with van der Waals surface area (Å²) in [5.74, 6) is 0. The first-order valence-electron chi connectivity index (χ1n) is 12.0. The monoisotopic (exact) mass is 531 g/mol. The van der Waals surface area contributed by atoms with Crippen LogP contribution >= 0.6 is 0 Å². The molecule has 0 aliphatic heterocycles. The summed E-state index contributed by atoms with van der Waals surface area (Å²) in [5, 5.41) is 3.52. The van der Waals surface area contributed by atoms with E-state index in [4.69, 9.17) is 0 Å². The molecule has 4 rings (SSSR count). The van der Waals surface area contributed by atoms with E-state index in [1.807, 2.05) is 6.56 Å². The molecule has 0 saturated heterocycles. The fourth-order valence-electron chi connectivity index (χ4n) is 5.27. The van der Waals surface area contributed by atoms with Gasteiger partial charge >= 0.3 is 207 Å². The number of hydrogen-bond acceptors (Lipinski definition) is 0. The Balaban J connectivity index is 2.01. The van der Waals surface area contributed by atoms with Gasteiger partial charge in [0.15, 0.2) is 0 Å². The zero-order valence-electron chi connectivity index (χ0n) is 20.6. The normalized spacial score (nSPS) is 16.6. The zero-order chi connectivity index (χ0) is 22.9. The first-order valence-corrected chi connectivity index (χ1v) is 22.8. The standard InChI is InChI=1S/C13H11.2C8H13Si.Zr/c1-3-7-12(8-4-1)11-13-9-5-2-6-10-13;2*1-9(2,3)8-6-4-5-7-8;/h1-11H;2*4,6H,5H2,1-3H3;. The molecule has 0 nitrogen and oxygen atoms in total. The summed E-state index contributed by atoms with van der Waals surface area (Å²) in [6, 6.07) is 22.9. The van der Waals surface area contributed by atoms with Gasteiger partial charge in [0, 0.05) is 0 Å². The molecule has 0 amide bonds. The van der Waals surface area contributed by atoms with Crippen LogP contribution in [0.15, 0.2) is 102 Å². The third kappa shape index (κ3) is 4.96. The van der Waals surface area contributed by atoms with Crippen LogP contribution in [-0.2, 0) is 21.8 Å². The number of hydrogen-bond donors (Lipinski definition) is 0. The van der Waals surface area contributed by atoms with Crippen molar-refractivity contribution in [3.8, 4) is 0 Å². The molecule has 0 fully saturated rings. The van der Waals surface area contributed by atoms with Crippen molar-refractivity contribution >= 4 is 16.1 Å². The van der Waals surface area contributed by atoms with Gasteiger partial charge in [-0.25, -0.2) is 0 Å². The summed E-state index contributed by atoms with van der Waals surface area (Å²) in [4.78, 5) is 0. The molecule has 0 spiro atoms. The van der Waals surface area contributed by atoms with Crippen molar-refractivity contribution in [2.24, 2.45) is 0 Å². The fourth-order valence-corrected chi connectivity index (χ4v) is 24.3. The molecule has 0 aromatic heterocycles. The Bertz CT molecular complexity index is 990. The van der Waals surface area contributed by atoms with Gasteiger partial charge in [0.2, 0.25) is 0 Å². The summed E-state index contributed by atoms with van der Waals surface area (Å²) in [6.07, 6.45) is 12.4. The Morgan fingerprint density at radius 1 is 0.594 bits per heavy atom. The van der Waals surface area contributed by atoms with Crippen molar-refractivity contribution in [2.75, 3.05) is 0 Å². The van der Waals surface area contributed by atoms with E-state index in [9.17, 15) is 0 Å². The zero-order valence-corrected chi connectivity index (χ0v) is 25.0. The van der Waals surface area contributed by atoms with Crippen LogP contribution in [0.3, 0.4) is 0 Å². The molecule has 2 aromatic carbocycles. The van der Waals surface area contributed by atoms with Gasteiger partial charge in [0.25, 0.3) is 0 Å². The molecular weight excluding hydrogens is 496 g/mol. The second kappa shape index (κ2) is 9.53. The first-order chi connectivity index (χ1) is 15.2. The minimum absolute atomic E-state index is 0.544. The molecule has 32 heavy (non-hydrogen) atoms. The summed E-state index contributed by atoms with van der Waals surface area (Å²) in [5.41, 5.74) is 3.05. The molecule has 2 aliphatic carbocycles. The van der Waals surface area contributed by atoms with Gasteiger partial charge in [0.1, 0.15) is 0 Å². The minimum atomic E-state index is -2.33. The summed E-state index contributed by atoms with van der Waals surface area (Å²) in [7, 11) is -2.81. The van der Waals surface area contributed by atoms with Gasteiger partial charge in [-0.15, -0.1) is 0 Å². The summed E-state index contributed by atoms with van der Waals surface area (Å²) >= 11 is -2.33. The van der Waals surface area contributed by atoms with Gasteiger partial charge in [0.05, 0.1) is 0 Å². The van der Waals surface area contributed by atoms with Crippen LogP contribution in [0.5, 0.6) is 0 Å². The maximum atomic E-state index is 2.54. The van der Waals surface area contributed by atoms with Crippen molar-refractivity contribution in [1.29, 1.82) is 0 Å². The molecule has 2 aromatic rings. The van der Waals surface area contributed by atoms with E-state index in [0.29, 0.717) is 3.63 Å². The molecule has 0 bridgehead atoms. The van der Waals surface area contributed by atoms with E-state index < -0.39 is 37.9 Å². The quantitative estimate of drug-likeness (QED) is 0.313. The Morgan fingerprint density at radius 3 is 1.31 bits per heavy atom. The van der Waals surface area contributed by atoms with Crippen molar-refractivity contribution in [3.63, 3.8) is 0 Å². The fraction of sp³-hybridized carbons (Fsp3) is 0.310. The van der Waals surface area contributed by atoms with Crippen LogP contribution in [0.4, 0.5) is 0 Å². The average Bonchev–Trinajstić information content (AvgIpc) is 3.43. The molecule has 0 saturated carbocycles. The van der Waals surface area contributed by atoms with Gasteiger partial charge in [-0.05, 0) is 0 Å². The van der Waals surface area contributed by atoms with E-state index in [0.717, 1.165) is 0 Å². The van der Waals surface area contributed by atoms with Crippen molar-refractivity contribution < 1.29 is 21.8 Å². The van der Waals surface area contributed by atoms with Crippen LogP contribution in [0.1, 0.15) is 27.6 Å². The van der Waals surface area contributed by atoms with Gasteiger partial charge in [-0.3, -0.25) is 0 Å². The van der Waals surface area contributed by atoms with Gasteiger partial charge in [-0.2, -0.15) is 0 Å². The molecule has 0 N–H and O–H groups in total. The molecule has 0 heterocycles. The molecule has 0 atom stereocenters. The molecule has 2 aliphatic rings. The van der Waals surface area contributed by atoms with Crippen molar-refractivity contribution in [3.05, 3.63) is 113 Å². The number of allylic oxidation sites excluding steroid dienone is 8. The third-order valence-electron chi connectivity index (χ3n) is 6.68. The van der Waals surface area contributed by atoms with E-state index in [2.05, 4.69) is 124 Å². The van der Waals surface area contributed by atoms with E-state index in [1.54, 1.807) is 10.4 Å². The van der Waals surface area contributed by atoms with E-state index >= 15 is 0 Å². The topological polar surface area (TPSA) is 0 Å². The average molecular weight is 533 g/mol. The molecular formula is C29H37Si2Zr. The molecule has 3 heteroatoms. The first kappa shape index (κ1) is 23.9. The number of benzene rings is 2. The predicted octanol–water partition coefficient (Wildman–Crippen LogP) is 8.58. The van der Waals surface area contributed by atoms with Crippen LogP contribution in [-0.4, -0.2) is 16.1 Å². The second-order valence-corrected chi connectivity index (χ2v) is 27.7. The Kier molecular flexibility index (Phi) is 7.10.